The first-order valence-corrected chi connectivity index (χ1v) is 5.40. The molecule has 0 saturated heterocycles. The lowest BCUT2D eigenvalue weighted by atomic mass is 9.97. The zero-order valence-electron chi connectivity index (χ0n) is 9.58. The molecule has 1 atom stereocenters. The van der Waals surface area contributed by atoms with E-state index in [0.29, 0.717) is 0 Å². The number of aryl methyl sites for hydroxylation is 2. The van der Waals surface area contributed by atoms with Crippen LogP contribution in [0.5, 0.6) is 5.75 Å². The average molecular weight is 243 g/mol. The van der Waals surface area contributed by atoms with Crippen molar-refractivity contribution < 1.29 is 14.6 Å². The molecule has 0 radical (unpaired) electrons. The summed E-state index contributed by atoms with van der Waals surface area (Å²) in [5, 5.41) is 8.22. The lowest BCUT2D eigenvalue weighted by Gasteiger charge is -2.15. The number of aliphatic carboxylic acids is 1. The minimum Gasteiger partial charge on any atom is -0.497 e. The van der Waals surface area contributed by atoms with Crippen LogP contribution >= 0.6 is 11.6 Å². The minimum atomic E-state index is -0.894. The lowest BCUT2D eigenvalue weighted by Crippen LogP contribution is -2.04. The number of carboxylic acids is 1. The molecule has 0 aliphatic heterocycles. The Bertz CT molecular complexity index is 378. The molecule has 3 nitrogen and oxygen atoms in total. The van der Waals surface area contributed by atoms with Crippen molar-refractivity contribution in [1.82, 2.24) is 0 Å². The third-order valence-electron chi connectivity index (χ3n) is 2.47. The maximum Gasteiger partial charge on any atom is 0.305 e. The Hall–Kier alpha value is -1.22. The highest BCUT2D eigenvalue weighted by Crippen LogP contribution is 2.32. The molecule has 88 valence electrons. The average Bonchev–Trinajstić information content (AvgIpc) is 2.15. The molecule has 1 aromatic carbocycles. The first kappa shape index (κ1) is 12.8. The maximum atomic E-state index is 10.6. The molecule has 16 heavy (non-hydrogen) atoms. The highest BCUT2D eigenvalue weighted by molar-refractivity contribution is 6.22. The molecule has 1 aromatic rings. The van der Waals surface area contributed by atoms with Crippen molar-refractivity contribution in [2.24, 2.45) is 0 Å². The Balaban J connectivity index is 3.08. The first-order chi connectivity index (χ1) is 7.45. The molecule has 0 aliphatic carbocycles. The summed E-state index contributed by atoms with van der Waals surface area (Å²) in [5.74, 6) is -0.132. The standard InChI is InChI=1S/C12H15ClO3/c1-7-4-9(16-3)5-8(2)12(7)10(13)6-11(14)15/h4-5,10H,6H2,1-3H3,(H,14,15). The molecule has 0 bridgehead atoms. The molecule has 4 heteroatoms. The fourth-order valence-corrected chi connectivity index (χ4v) is 2.28. The van der Waals surface area contributed by atoms with Crippen LogP contribution in [0, 0.1) is 13.8 Å². The quantitative estimate of drug-likeness (QED) is 0.826. The van der Waals surface area contributed by atoms with Crippen LogP contribution < -0.4 is 4.74 Å². The molecule has 0 fully saturated rings. The summed E-state index contributed by atoms with van der Waals surface area (Å²) >= 11 is 6.09. The van der Waals surface area contributed by atoms with Crippen LogP contribution in [0.1, 0.15) is 28.5 Å². The van der Waals surface area contributed by atoms with Crippen LogP contribution in [0.2, 0.25) is 0 Å². The van der Waals surface area contributed by atoms with Gasteiger partial charge in [-0.25, -0.2) is 0 Å². The zero-order chi connectivity index (χ0) is 12.3. The fraction of sp³-hybridized carbons (Fsp3) is 0.417. The summed E-state index contributed by atoms with van der Waals surface area (Å²) < 4.78 is 5.13. The predicted molar refractivity (Wildman–Crippen MR) is 63.3 cm³/mol. The second-order valence-corrected chi connectivity index (χ2v) is 4.27. The third kappa shape index (κ3) is 2.89. The molecule has 1 rings (SSSR count). The molecule has 1 unspecified atom stereocenters. The van der Waals surface area contributed by atoms with Gasteiger partial charge < -0.3 is 9.84 Å². The van der Waals surface area contributed by atoms with Crippen molar-refractivity contribution in [3.63, 3.8) is 0 Å². The molecule has 0 spiro atoms. The summed E-state index contributed by atoms with van der Waals surface area (Å²) in [6.45, 7) is 3.81. The van der Waals surface area contributed by atoms with Gasteiger partial charge in [0.05, 0.1) is 18.9 Å². The number of hydrogen-bond donors (Lipinski definition) is 1. The number of alkyl halides is 1. The van der Waals surface area contributed by atoms with E-state index in [0.717, 1.165) is 22.4 Å². The van der Waals surface area contributed by atoms with Crippen LogP contribution in [0.25, 0.3) is 0 Å². The molecule has 1 N–H and O–H groups in total. The smallest absolute Gasteiger partial charge is 0.305 e. The Morgan fingerprint density at radius 3 is 2.31 bits per heavy atom. The minimum absolute atomic E-state index is 0.0738. The summed E-state index contributed by atoms with van der Waals surface area (Å²) in [5.41, 5.74) is 2.79. The van der Waals surface area contributed by atoms with Gasteiger partial charge in [0.1, 0.15) is 5.75 Å². The van der Waals surface area contributed by atoms with Crippen molar-refractivity contribution in [3.8, 4) is 5.75 Å². The molecular weight excluding hydrogens is 228 g/mol. The van der Waals surface area contributed by atoms with Crippen molar-refractivity contribution in [1.29, 1.82) is 0 Å². The number of carboxylic acid groups (broad SMARTS) is 1. The number of carbonyl (C=O) groups is 1. The molecule has 0 saturated carbocycles. The van der Waals surface area contributed by atoms with Gasteiger partial charge in [0, 0.05) is 0 Å². The van der Waals surface area contributed by atoms with Gasteiger partial charge in [0.2, 0.25) is 0 Å². The number of rotatable bonds is 4. The number of halogens is 1. The van der Waals surface area contributed by atoms with Crippen LogP contribution in [-0.2, 0) is 4.79 Å². The van der Waals surface area contributed by atoms with Gasteiger partial charge in [-0.15, -0.1) is 11.6 Å². The SMILES string of the molecule is COc1cc(C)c(C(Cl)CC(=O)O)c(C)c1. The van der Waals surface area contributed by atoms with E-state index in [9.17, 15) is 4.79 Å². The number of methoxy groups -OCH3 is 1. The molecule has 0 aromatic heterocycles. The molecular formula is C12H15ClO3. The van der Waals surface area contributed by atoms with Crippen LogP contribution in [0.3, 0.4) is 0 Å². The van der Waals surface area contributed by atoms with E-state index in [2.05, 4.69) is 0 Å². The summed E-state index contributed by atoms with van der Waals surface area (Å²) in [4.78, 5) is 10.6. The highest BCUT2D eigenvalue weighted by atomic mass is 35.5. The van der Waals surface area contributed by atoms with Gasteiger partial charge in [-0.1, -0.05) is 0 Å². The van der Waals surface area contributed by atoms with E-state index in [1.54, 1.807) is 7.11 Å². The van der Waals surface area contributed by atoms with Crippen LogP contribution in [0.15, 0.2) is 12.1 Å². The number of ether oxygens (including phenoxy) is 1. The lowest BCUT2D eigenvalue weighted by molar-refractivity contribution is -0.137. The summed E-state index contributed by atoms with van der Waals surface area (Å²) in [6, 6.07) is 3.72. The summed E-state index contributed by atoms with van der Waals surface area (Å²) in [6.07, 6.45) is -0.0738. The zero-order valence-corrected chi connectivity index (χ0v) is 10.3. The van der Waals surface area contributed by atoms with Gasteiger partial charge in [-0.05, 0) is 42.7 Å². The Morgan fingerprint density at radius 2 is 1.94 bits per heavy atom. The number of benzene rings is 1. The van der Waals surface area contributed by atoms with Gasteiger partial charge in [-0.2, -0.15) is 0 Å². The fourth-order valence-electron chi connectivity index (χ4n) is 1.80. The number of hydrogen-bond acceptors (Lipinski definition) is 2. The second kappa shape index (κ2) is 5.21. The predicted octanol–water partition coefficient (Wildman–Crippen LogP) is 3.07. The van der Waals surface area contributed by atoms with Crippen molar-refractivity contribution in [2.45, 2.75) is 25.6 Å². The summed E-state index contributed by atoms with van der Waals surface area (Å²) in [7, 11) is 1.60. The largest absolute Gasteiger partial charge is 0.497 e. The van der Waals surface area contributed by atoms with Gasteiger partial charge in [0.25, 0.3) is 0 Å². The Morgan fingerprint density at radius 1 is 1.44 bits per heavy atom. The van der Waals surface area contributed by atoms with E-state index in [-0.39, 0.29) is 6.42 Å². The van der Waals surface area contributed by atoms with Gasteiger partial charge in [0.15, 0.2) is 0 Å². The van der Waals surface area contributed by atoms with Gasteiger partial charge >= 0.3 is 5.97 Å². The molecule has 0 amide bonds. The highest BCUT2D eigenvalue weighted by Gasteiger charge is 2.17. The molecule has 0 heterocycles. The van der Waals surface area contributed by atoms with Crippen LogP contribution in [0.4, 0.5) is 0 Å². The topological polar surface area (TPSA) is 46.5 Å². The normalized spacial score (nSPS) is 12.2. The molecule has 0 aliphatic rings. The van der Waals surface area contributed by atoms with E-state index >= 15 is 0 Å². The van der Waals surface area contributed by atoms with Gasteiger partial charge in [-0.3, -0.25) is 4.79 Å². The van der Waals surface area contributed by atoms with Crippen molar-refractivity contribution >= 4 is 17.6 Å². The van der Waals surface area contributed by atoms with Crippen molar-refractivity contribution in [2.75, 3.05) is 7.11 Å². The van der Waals surface area contributed by atoms with E-state index in [1.807, 2.05) is 26.0 Å². The maximum absolute atomic E-state index is 10.6. The van der Waals surface area contributed by atoms with E-state index in [1.165, 1.54) is 0 Å². The van der Waals surface area contributed by atoms with E-state index < -0.39 is 11.3 Å². The first-order valence-electron chi connectivity index (χ1n) is 4.96. The third-order valence-corrected chi connectivity index (χ3v) is 2.84. The Kier molecular flexibility index (Phi) is 4.19. The monoisotopic (exact) mass is 242 g/mol. The second-order valence-electron chi connectivity index (χ2n) is 3.74. The van der Waals surface area contributed by atoms with E-state index in [4.69, 9.17) is 21.4 Å². The van der Waals surface area contributed by atoms with Crippen molar-refractivity contribution in [3.05, 3.63) is 28.8 Å². The van der Waals surface area contributed by atoms with Crippen LogP contribution in [-0.4, -0.2) is 18.2 Å². The Labute approximate surface area is 100.0 Å².